The van der Waals surface area contributed by atoms with Crippen molar-refractivity contribution >= 4 is 11.6 Å². The van der Waals surface area contributed by atoms with E-state index < -0.39 is 0 Å². The SMILES string of the molecule is CC(C)C=CC(=O)Nc1ccccc1O. The Labute approximate surface area is 89.4 Å². The molecule has 15 heavy (non-hydrogen) atoms. The number of carbonyl (C=O) groups is 1. The molecule has 0 radical (unpaired) electrons. The molecular formula is C12H15NO2. The van der Waals surface area contributed by atoms with Crippen molar-refractivity contribution in [1.29, 1.82) is 0 Å². The molecule has 0 saturated carbocycles. The smallest absolute Gasteiger partial charge is 0.248 e. The first-order valence-corrected chi connectivity index (χ1v) is 4.87. The number of anilines is 1. The van der Waals surface area contributed by atoms with Crippen molar-refractivity contribution in [2.45, 2.75) is 13.8 Å². The third-order valence-electron chi connectivity index (χ3n) is 1.79. The summed E-state index contributed by atoms with van der Waals surface area (Å²) in [5, 5.41) is 12.0. The van der Waals surface area contributed by atoms with Gasteiger partial charge in [-0.3, -0.25) is 4.79 Å². The molecule has 80 valence electrons. The van der Waals surface area contributed by atoms with Crippen molar-refractivity contribution in [1.82, 2.24) is 0 Å². The summed E-state index contributed by atoms with van der Waals surface area (Å²) in [6, 6.07) is 6.63. The second-order valence-electron chi connectivity index (χ2n) is 3.61. The molecule has 0 saturated heterocycles. The third-order valence-corrected chi connectivity index (χ3v) is 1.79. The number of phenolic OH excluding ortho intramolecular Hbond substituents is 1. The topological polar surface area (TPSA) is 49.3 Å². The van der Waals surface area contributed by atoms with E-state index in [0.717, 1.165) is 0 Å². The van der Waals surface area contributed by atoms with Gasteiger partial charge in [0.15, 0.2) is 0 Å². The Bertz CT molecular complexity index is 370. The van der Waals surface area contributed by atoms with Crippen molar-refractivity contribution in [2.24, 2.45) is 5.92 Å². The molecule has 0 aliphatic heterocycles. The Morgan fingerprint density at radius 1 is 1.40 bits per heavy atom. The summed E-state index contributed by atoms with van der Waals surface area (Å²) in [7, 11) is 0. The molecule has 1 aromatic rings. The first kappa shape index (κ1) is 11.3. The Hall–Kier alpha value is -1.77. The van der Waals surface area contributed by atoms with Crippen LogP contribution < -0.4 is 5.32 Å². The number of benzene rings is 1. The van der Waals surface area contributed by atoms with Gasteiger partial charge >= 0.3 is 0 Å². The number of allylic oxidation sites excluding steroid dienone is 1. The fourth-order valence-electron chi connectivity index (χ4n) is 1.03. The molecule has 0 aliphatic carbocycles. The molecule has 2 N–H and O–H groups in total. The van der Waals surface area contributed by atoms with Gasteiger partial charge in [-0.2, -0.15) is 0 Å². The summed E-state index contributed by atoms with van der Waals surface area (Å²) in [5.74, 6) is 0.175. The van der Waals surface area contributed by atoms with Gasteiger partial charge in [-0.15, -0.1) is 0 Å². The highest BCUT2D eigenvalue weighted by Gasteiger charge is 2.01. The molecule has 0 aliphatic rings. The molecule has 0 fully saturated rings. The number of nitrogens with one attached hydrogen (secondary N) is 1. The van der Waals surface area contributed by atoms with Crippen molar-refractivity contribution < 1.29 is 9.90 Å². The quantitative estimate of drug-likeness (QED) is 0.588. The van der Waals surface area contributed by atoms with Crippen LogP contribution in [0.4, 0.5) is 5.69 Å². The van der Waals surface area contributed by atoms with Crippen LogP contribution in [0.2, 0.25) is 0 Å². The lowest BCUT2D eigenvalue weighted by Gasteiger charge is -2.04. The largest absolute Gasteiger partial charge is 0.506 e. The zero-order chi connectivity index (χ0) is 11.3. The molecule has 1 rings (SSSR count). The van der Waals surface area contributed by atoms with Gasteiger partial charge in [0.05, 0.1) is 5.69 Å². The molecule has 1 aromatic carbocycles. The summed E-state index contributed by atoms with van der Waals surface area (Å²) in [6.45, 7) is 3.98. The summed E-state index contributed by atoms with van der Waals surface area (Å²) >= 11 is 0. The van der Waals surface area contributed by atoms with Gasteiger partial charge in [-0.25, -0.2) is 0 Å². The van der Waals surface area contributed by atoms with E-state index in [4.69, 9.17) is 0 Å². The van der Waals surface area contributed by atoms with Crippen molar-refractivity contribution in [3.8, 4) is 5.75 Å². The van der Waals surface area contributed by atoms with E-state index in [1.54, 1.807) is 24.3 Å². The first-order chi connectivity index (χ1) is 7.09. The standard InChI is InChI=1S/C12H15NO2/c1-9(2)7-8-12(15)13-10-5-3-4-6-11(10)14/h3-9,14H,1-2H3,(H,13,15). The van der Waals surface area contributed by atoms with Gasteiger partial charge in [0, 0.05) is 0 Å². The molecular weight excluding hydrogens is 190 g/mol. The maximum atomic E-state index is 11.4. The number of carbonyl (C=O) groups excluding carboxylic acids is 1. The molecule has 0 spiro atoms. The normalized spacial score (nSPS) is 10.9. The fraction of sp³-hybridized carbons (Fsp3) is 0.250. The lowest BCUT2D eigenvalue weighted by Crippen LogP contribution is -2.08. The van der Waals surface area contributed by atoms with Crippen LogP contribution in [0.1, 0.15) is 13.8 Å². The predicted molar refractivity (Wildman–Crippen MR) is 60.7 cm³/mol. The molecule has 3 heteroatoms. The molecule has 1 amide bonds. The zero-order valence-corrected chi connectivity index (χ0v) is 8.90. The Morgan fingerprint density at radius 2 is 2.07 bits per heavy atom. The van der Waals surface area contributed by atoms with E-state index in [0.29, 0.717) is 11.6 Å². The van der Waals surface area contributed by atoms with E-state index in [-0.39, 0.29) is 11.7 Å². The highest BCUT2D eigenvalue weighted by Crippen LogP contribution is 2.21. The van der Waals surface area contributed by atoms with Gasteiger partial charge in [0.2, 0.25) is 5.91 Å². The van der Waals surface area contributed by atoms with E-state index in [1.807, 2.05) is 13.8 Å². The van der Waals surface area contributed by atoms with Gasteiger partial charge in [0.25, 0.3) is 0 Å². The second kappa shape index (κ2) is 5.20. The average Bonchev–Trinajstić information content (AvgIpc) is 2.18. The van der Waals surface area contributed by atoms with E-state index in [2.05, 4.69) is 5.32 Å². The van der Waals surface area contributed by atoms with Crippen molar-refractivity contribution in [3.63, 3.8) is 0 Å². The van der Waals surface area contributed by atoms with Crippen LogP contribution in [0.5, 0.6) is 5.75 Å². The number of hydrogen-bond acceptors (Lipinski definition) is 2. The number of aromatic hydroxyl groups is 1. The van der Waals surface area contributed by atoms with Crippen LogP contribution in [-0.2, 0) is 4.79 Å². The maximum Gasteiger partial charge on any atom is 0.248 e. The average molecular weight is 205 g/mol. The first-order valence-electron chi connectivity index (χ1n) is 4.87. The number of amides is 1. The summed E-state index contributed by atoms with van der Waals surface area (Å²) < 4.78 is 0. The van der Waals surface area contributed by atoms with Crippen LogP contribution >= 0.6 is 0 Å². The van der Waals surface area contributed by atoms with Crippen LogP contribution in [0.3, 0.4) is 0 Å². The van der Waals surface area contributed by atoms with Gasteiger partial charge in [-0.1, -0.05) is 32.1 Å². The monoisotopic (exact) mass is 205 g/mol. The number of phenols is 1. The van der Waals surface area contributed by atoms with Crippen LogP contribution in [0.15, 0.2) is 36.4 Å². The summed E-state index contributed by atoms with van der Waals surface area (Å²) in [4.78, 5) is 11.4. The van der Waals surface area contributed by atoms with Crippen LogP contribution in [0, 0.1) is 5.92 Å². The van der Waals surface area contributed by atoms with Crippen molar-refractivity contribution in [3.05, 3.63) is 36.4 Å². The van der Waals surface area contributed by atoms with Crippen LogP contribution in [-0.4, -0.2) is 11.0 Å². The van der Waals surface area contributed by atoms with Gasteiger partial charge in [-0.05, 0) is 24.1 Å². The minimum atomic E-state index is -0.231. The minimum absolute atomic E-state index is 0.0730. The summed E-state index contributed by atoms with van der Waals surface area (Å²) in [5.41, 5.74) is 0.427. The molecule has 0 bridgehead atoms. The molecule has 0 heterocycles. The lowest BCUT2D eigenvalue weighted by atomic mass is 10.2. The molecule has 3 nitrogen and oxygen atoms in total. The zero-order valence-electron chi connectivity index (χ0n) is 8.90. The minimum Gasteiger partial charge on any atom is -0.506 e. The second-order valence-corrected chi connectivity index (χ2v) is 3.61. The van der Waals surface area contributed by atoms with E-state index in [9.17, 15) is 9.90 Å². The summed E-state index contributed by atoms with van der Waals surface area (Å²) in [6.07, 6.45) is 3.27. The Kier molecular flexibility index (Phi) is 3.92. The van der Waals surface area contributed by atoms with Gasteiger partial charge < -0.3 is 10.4 Å². The maximum absolute atomic E-state index is 11.4. The lowest BCUT2D eigenvalue weighted by molar-refractivity contribution is -0.111. The predicted octanol–water partition coefficient (Wildman–Crippen LogP) is 2.54. The van der Waals surface area contributed by atoms with Crippen LogP contribution in [0.25, 0.3) is 0 Å². The Balaban J connectivity index is 2.63. The highest BCUT2D eigenvalue weighted by atomic mass is 16.3. The number of rotatable bonds is 3. The fourth-order valence-corrected chi connectivity index (χ4v) is 1.03. The number of para-hydroxylation sites is 2. The van der Waals surface area contributed by atoms with E-state index in [1.165, 1.54) is 12.1 Å². The van der Waals surface area contributed by atoms with Crippen molar-refractivity contribution in [2.75, 3.05) is 5.32 Å². The highest BCUT2D eigenvalue weighted by molar-refractivity contribution is 6.00. The molecule has 0 atom stereocenters. The third kappa shape index (κ3) is 3.85. The molecule has 0 aromatic heterocycles. The molecule has 0 unspecified atom stereocenters. The van der Waals surface area contributed by atoms with Gasteiger partial charge in [0.1, 0.15) is 5.75 Å². The Morgan fingerprint density at radius 3 is 2.67 bits per heavy atom. The number of hydrogen-bond donors (Lipinski definition) is 2. The van der Waals surface area contributed by atoms with E-state index >= 15 is 0 Å².